The van der Waals surface area contributed by atoms with Gasteiger partial charge < -0.3 is 5.32 Å². The van der Waals surface area contributed by atoms with Gasteiger partial charge in [0, 0.05) is 16.8 Å². The summed E-state index contributed by atoms with van der Waals surface area (Å²) in [5.74, 6) is -0.657. The minimum atomic E-state index is -6.23. The number of nitrogens with zero attached hydrogens (tertiary/aromatic N) is 1. The summed E-state index contributed by atoms with van der Waals surface area (Å²) in [7, 11) is 0. The van der Waals surface area contributed by atoms with Crippen molar-refractivity contribution in [1.29, 1.82) is 5.26 Å². The third-order valence-corrected chi connectivity index (χ3v) is 5.45. The lowest BCUT2D eigenvalue weighted by molar-refractivity contribution is -0.348. The predicted molar refractivity (Wildman–Crippen MR) is 112 cm³/mol. The van der Waals surface area contributed by atoms with Crippen LogP contribution in [-0.2, 0) is 12.1 Å². The van der Waals surface area contributed by atoms with Crippen LogP contribution in [0.2, 0.25) is 0 Å². The highest BCUT2D eigenvalue weighted by Crippen LogP contribution is 2.53. The first-order chi connectivity index (χ1) is 15.7. The molecule has 0 heterocycles. The Balaban J connectivity index is 2.02. The van der Waals surface area contributed by atoms with Gasteiger partial charge in [-0.1, -0.05) is 25.1 Å². The van der Waals surface area contributed by atoms with Gasteiger partial charge in [0.15, 0.2) is 0 Å². The average Bonchev–Trinajstić information content (AvgIpc) is 2.77. The predicted octanol–water partition coefficient (Wildman–Crippen LogP) is 7.12. The molecule has 0 fully saturated rings. The molecular weight excluding hydrogens is 465 g/mol. The Morgan fingerprint density at radius 2 is 1.50 bits per heavy atom. The van der Waals surface area contributed by atoms with Crippen LogP contribution in [0.15, 0.2) is 48.5 Å². The van der Waals surface area contributed by atoms with Gasteiger partial charge in [0.1, 0.15) is 0 Å². The van der Waals surface area contributed by atoms with Gasteiger partial charge in [0.2, 0.25) is 0 Å². The van der Waals surface area contributed by atoms with Crippen molar-refractivity contribution in [3.63, 3.8) is 0 Å². The fourth-order valence-electron chi connectivity index (χ4n) is 3.65. The highest BCUT2D eigenvalue weighted by molar-refractivity contribution is 6.07. The Hall–Kier alpha value is -3.61. The second kappa shape index (κ2) is 8.63. The minimum absolute atomic E-state index is 0.00266. The number of halogens is 7. The summed E-state index contributed by atoms with van der Waals surface area (Å²) in [5, 5.41) is 12.8. The van der Waals surface area contributed by atoms with E-state index in [1.165, 1.54) is 26.0 Å². The smallest absolute Gasteiger partial charge is 0.321 e. The van der Waals surface area contributed by atoms with Crippen LogP contribution in [0, 0.1) is 18.3 Å². The SMILES string of the molecule is CCc1cc(C(F)(C(F)(F)F)C(F)(F)F)cc(C)c1NC(=O)c1ccc2cc(C#N)ccc2c1. The monoisotopic (exact) mass is 482 g/mol. The van der Waals surface area contributed by atoms with Crippen molar-refractivity contribution in [1.82, 2.24) is 0 Å². The van der Waals surface area contributed by atoms with E-state index in [2.05, 4.69) is 5.32 Å². The van der Waals surface area contributed by atoms with E-state index in [4.69, 9.17) is 5.26 Å². The Morgan fingerprint density at radius 1 is 0.912 bits per heavy atom. The van der Waals surface area contributed by atoms with Crippen LogP contribution in [0.4, 0.5) is 36.4 Å². The standard InChI is InChI=1S/C24H17F7N2O/c1-3-15-11-19(22(25,23(26,27)28)24(29,30)31)8-13(2)20(15)33-21(34)18-7-6-16-9-14(12-32)4-5-17(16)10-18/h4-11H,3H2,1-2H3,(H,33,34). The summed E-state index contributed by atoms with van der Waals surface area (Å²) >= 11 is 0. The first-order valence-electron chi connectivity index (χ1n) is 9.94. The van der Waals surface area contributed by atoms with Crippen molar-refractivity contribution in [3.05, 3.63) is 76.3 Å². The zero-order valence-electron chi connectivity index (χ0n) is 17.8. The molecule has 3 rings (SSSR count). The lowest BCUT2D eigenvalue weighted by Gasteiger charge is -2.31. The van der Waals surface area contributed by atoms with Crippen LogP contribution in [0.3, 0.4) is 0 Å². The summed E-state index contributed by atoms with van der Waals surface area (Å²) in [6.07, 6.45) is -12.5. The second-order valence-electron chi connectivity index (χ2n) is 7.68. The van der Waals surface area contributed by atoms with Crippen molar-refractivity contribution in [2.75, 3.05) is 5.32 Å². The van der Waals surface area contributed by atoms with Gasteiger partial charge in [-0.3, -0.25) is 4.79 Å². The lowest BCUT2D eigenvalue weighted by atomic mass is 9.89. The van der Waals surface area contributed by atoms with Gasteiger partial charge in [-0.15, -0.1) is 0 Å². The number of alkyl halides is 7. The molecule has 0 saturated carbocycles. The number of anilines is 1. The first kappa shape index (κ1) is 25.0. The second-order valence-corrected chi connectivity index (χ2v) is 7.68. The maximum Gasteiger partial charge on any atom is 0.435 e. The molecule has 0 bridgehead atoms. The normalized spacial score (nSPS) is 12.5. The molecule has 0 aromatic heterocycles. The summed E-state index contributed by atoms with van der Waals surface area (Å²) in [6, 6.07) is 12.3. The van der Waals surface area contributed by atoms with Crippen LogP contribution in [0.1, 0.15) is 39.5 Å². The molecule has 3 aromatic rings. The van der Waals surface area contributed by atoms with E-state index in [1.807, 2.05) is 6.07 Å². The van der Waals surface area contributed by atoms with E-state index in [-0.39, 0.29) is 28.8 Å². The molecule has 1 N–H and O–H groups in total. The molecular formula is C24H17F7N2O. The molecule has 0 saturated heterocycles. The molecule has 0 aliphatic carbocycles. The van der Waals surface area contributed by atoms with E-state index in [1.54, 1.807) is 24.3 Å². The molecule has 3 nitrogen and oxygen atoms in total. The summed E-state index contributed by atoms with van der Waals surface area (Å²) in [5.41, 5.74) is -6.79. The van der Waals surface area contributed by atoms with Gasteiger partial charge in [-0.05, 0) is 65.6 Å². The number of aryl methyl sites for hydroxylation is 2. The van der Waals surface area contributed by atoms with Crippen LogP contribution >= 0.6 is 0 Å². The fraction of sp³-hybridized carbons (Fsp3) is 0.250. The van der Waals surface area contributed by atoms with E-state index in [0.717, 1.165) is 0 Å². The van der Waals surface area contributed by atoms with E-state index >= 15 is 0 Å². The van der Waals surface area contributed by atoms with Gasteiger partial charge in [0.05, 0.1) is 11.6 Å². The molecule has 0 atom stereocenters. The Morgan fingerprint density at radius 3 is 2.06 bits per heavy atom. The number of fused-ring (bicyclic) bond motifs is 1. The molecule has 0 spiro atoms. The topological polar surface area (TPSA) is 52.9 Å². The van der Waals surface area contributed by atoms with Crippen molar-refractivity contribution < 1.29 is 35.5 Å². The minimum Gasteiger partial charge on any atom is -0.321 e. The lowest BCUT2D eigenvalue weighted by Crippen LogP contribution is -2.50. The zero-order chi connectivity index (χ0) is 25.5. The number of rotatable bonds is 4. The van der Waals surface area contributed by atoms with Crippen molar-refractivity contribution in [2.24, 2.45) is 0 Å². The number of benzene rings is 3. The maximum absolute atomic E-state index is 14.5. The number of carbonyl (C=O) groups excluding carboxylic acids is 1. The van der Waals surface area contributed by atoms with Gasteiger partial charge in [-0.25, -0.2) is 4.39 Å². The number of hydrogen-bond acceptors (Lipinski definition) is 2. The molecule has 0 aliphatic rings. The van der Waals surface area contributed by atoms with Crippen molar-refractivity contribution >= 4 is 22.4 Å². The first-order valence-corrected chi connectivity index (χ1v) is 9.94. The van der Waals surface area contributed by atoms with Gasteiger partial charge >= 0.3 is 18.0 Å². The summed E-state index contributed by atoms with van der Waals surface area (Å²) in [4.78, 5) is 12.8. The number of nitrogens with one attached hydrogen (secondary N) is 1. The molecule has 3 aromatic carbocycles. The molecule has 1 amide bonds. The van der Waals surface area contributed by atoms with E-state index in [9.17, 15) is 35.5 Å². The third-order valence-electron chi connectivity index (χ3n) is 5.45. The van der Waals surface area contributed by atoms with Crippen LogP contribution in [0.25, 0.3) is 10.8 Å². The molecule has 0 aliphatic heterocycles. The Bertz CT molecular complexity index is 1290. The van der Waals surface area contributed by atoms with Crippen LogP contribution < -0.4 is 5.32 Å². The average molecular weight is 482 g/mol. The Kier molecular flexibility index (Phi) is 6.35. The summed E-state index contributed by atoms with van der Waals surface area (Å²) < 4.78 is 93.6. The van der Waals surface area contributed by atoms with Crippen LogP contribution in [-0.4, -0.2) is 18.3 Å². The van der Waals surface area contributed by atoms with Crippen molar-refractivity contribution in [2.45, 2.75) is 38.3 Å². The van der Waals surface area contributed by atoms with Gasteiger partial charge in [-0.2, -0.15) is 31.6 Å². The molecule has 0 radical (unpaired) electrons. The molecule has 178 valence electrons. The van der Waals surface area contributed by atoms with E-state index in [0.29, 0.717) is 28.5 Å². The number of hydrogen-bond donors (Lipinski definition) is 1. The highest BCUT2D eigenvalue weighted by atomic mass is 19.4. The van der Waals surface area contributed by atoms with Gasteiger partial charge in [0.25, 0.3) is 5.91 Å². The summed E-state index contributed by atoms with van der Waals surface area (Å²) in [6.45, 7) is 2.65. The highest BCUT2D eigenvalue weighted by Gasteiger charge is 2.73. The van der Waals surface area contributed by atoms with Crippen LogP contribution in [0.5, 0.6) is 0 Å². The fourth-order valence-corrected chi connectivity index (χ4v) is 3.65. The Labute approximate surface area is 189 Å². The third kappa shape index (κ3) is 4.30. The number of amides is 1. The molecule has 0 unspecified atom stereocenters. The largest absolute Gasteiger partial charge is 0.435 e. The molecule has 10 heteroatoms. The number of nitriles is 1. The quantitative estimate of drug-likeness (QED) is 0.403. The van der Waals surface area contributed by atoms with E-state index < -0.39 is 29.5 Å². The van der Waals surface area contributed by atoms with Crippen molar-refractivity contribution in [3.8, 4) is 6.07 Å². The maximum atomic E-state index is 14.5. The zero-order valence-corrected chi connectivity index (χ0v) is 17.8. The molecule has 34 heavy (non-hydrogen) atoms. The number of carbonyl (C=O) groups is 1.